The second kappa shape index (κ2) is 7.15. The summed E-state index contributed by atoms with van der Waals surface area (Å²) in [6, 6.07) is 13.1. The average Bonchev–Trinajstić information content (AvgIpc) is 2.49. The molecule has 0 radical (unpaired) electrons. The third kappa shape index (κ3) is 4.24. The van der Waals surface area contributed by atoms with Crippen molar-refractivity contribution in [3.05, 3.63) is 53.6 Å². The Morgan fingerprint density at radius 3 is 2.38 bits per heavy atom. The highest BCUT2D eigenvalue weighted by molar-refractivity contribution is 6.59. The summed E-state index contributed by atoms with van der Waals surface area (Å²) in [7, 11) is 0.109. The Bertz CT molecular complexity index is 581. The number of methoxy groups -OCH3 is 1. The van der Waals surface area contributed by atoms with Gasteiger partial charge in [0.1, 0.15) is 11.5 Å². The van der Waals surface area contributed by atoms with Crippen LogP contribution < -0.4 is 14.9 Å². The molecule has 0 atom stereocenters. The van der Waals surface area contributed by atoms with E-state index in [4.69, 9.17) is 9.47 Å². The van der Waals surface area contributed by atoms with E-state index in [1.54, 1.807) is 19.2 Å². The van der Waals surface area contributed by atoms with Crippen molar-refractivity contribution >= 4 is 12.6 Å². The van der Waals surface area contributed by atoms with Gasteiger partial charge in [-0.25, -0.2) is 0 Å². The fraction of sp³-hybridized carbons (Fsp3) is 0.250. The van der Waals surface area contributed by atoms with Crippen molar-refractivity contribution in [2.24, 2.45) is 0 Å². The molecule has 2 rings (SSSR count). The van der Waals surface area contributed by atoms with Gasteiger partial charge in [-0.05, 0) is 30.7 Å². The number of hydrogen-bond acceptors (Lipinski definition) is 4. The minimum atomic E-state index is -1.53. The second-order valence-corrected chi connectivity index (χ2v) is 4.86. The smallest absolute Gasteiger partial charge is 0.492 e. The van der Waals surface area contributed by atoms with E-state index >= 15 is 0 Å². The maximum Gasteiger partial charge on any atom is 0.492 e. The quantitative estimate of drug-likeness (QED) is 0.786. The molecule has 0 bridgehead atoms. The van der Waals surface area contributed by atoms with Crippen LogP contribution in [0.4, 0.5) is 0 Å². The first-order valence-electron chi connectivity index (χ1n) is 6.82. The normalized spacial score (nSPS) is 10.3. The van der Waals surface area contributed by atoms with Crippen molar-refractivity contribution in [1.82, 2.24) is 0 Å². The van der Waals surface area contributed by atoms with Crippen LogP contribution in [-0.2, 0) is 6.42 Å². The zero-order valence-corrected chi connectivity index (χ0v) is 12.2. The van der Waals surface area contributed by atoms with Gasteiger partial charge in [0.05, 0.1) is 13.7 Å². The van der Waals surface area contributed by atoms with Crippen molar-refractivity contribution in [3.8, 4) is 11.5 Å². The molecule has 0 aliphatic carbocycles. The van der Waals surface area contributed by atoms with Gasteiger partial charge in [-0.3, -0.25) is 0 Å². The van der Waals surface area contributed by atoms with Crippen LogP contribution in [0.15, 0.2) is 42.5 Å². The first-order chi connectivity index (χ1) is 10.1. The van der Waals surface area contributed by atoms with Crippen LogP contribution in [0.25, 0.3) is 0 Å². The topological polar surface area (TPSA) is 58.9 Å². The molecule has 4 nitrogen and oxygen atoms in total. The number of benzene rings is 2. The molecule has 0 saturated heterocycles. The summed E-state index contributed by atoms with van der Waals surface area (Å²) in [5.74, 6) is 1.33. The number of ether oxygens (including phenoxy) is 2. The molecule has 0 saturated carbocycles. The van der Waals surface area contributed by atoms with Crippen molar-refractivity contribution in [1.29, 1.82) is 0 Å². The van der Waals surface area contributed by atoms with E-state index in [0.29, 0.717) is 17.8 Å². The van der Waals surface area contributed by atoms with Crippen molar-refractivity contribution in [2.75, 3.05) is 13.7 Å². The third-order valence-electron chi connectivity index (χ3n) is 3.25. The number of rotatable bonds is 6. The second-order valence-electron chi connectivity index (χ2n) is 4.86. The summed E-state index contributed by atoms with van der Waals surface area (Å²) >= 11 is 0. The molecule has 2 aromatic carbocycles. The van der Waals surface area contributed by atoms with Crippen LogP contribution in [0.2, 0.25) is 0 Å². The lowest BCUT2D eigenvalue weighted by Gasteiger charge is -2.12. The van der Waals surface area contributed by atoms with E-state index in [9.17, 15) is 10.0 Å². The lowest BCUT2D eigenvalue weighted by molar-refractivity contribution is 0.322. The molecule has 21 heavy (non-hydrogen) atoms. The Hall–Kier alpha value is -1.98. The van der Waals surface area contributed by atoms with E-state index < -0.39 is 7.12 Å². The molecular weight excluding hydrogens is 267 g/mol. The summed E-state index contributed by atoms with van der Waals surface area (Å²) in [5.41, 5.74) is 2.49. The molecular formula is C16H19BO4. The van der Waals surface area contributed by atoms with Gasteiger partial charge in [-0.1, -0.05) is 29.8 Å². The zero-order chi connectivity index (χ0) is 15.2. The Kier molecular flexibility index (Phi) is 5.25. The first-order valence-corrected chi connectivity index (χ1v) is 6.82. The number of aryl methyl sites for hydroxylation is 1. The van der Waals surface area contributed by atoms with E-state index in [-0.39, 0.29) is 0 Å². The maximum atomic E-state index is 9.36. The fourth-order valence-corrected chi connectivity index (χ4v) is 2.07. The highest BCUT2D eigenvalue weighted by atomic mass is 16.5. The Morgan fingerprint density at radius 2 is 1.76 bits per heavy atom. The predicted molar refractivity (Wildman–Crippen MR) is 83.2 cm³/mol. The summed E-state index contributed by atoms with van der Waals surface area (Å²) in [4.78, 5) is 0. The van der Waals surface area contributed by atoms with E-state index in [0.717, 1.165) is 23.3 Å². The molecule has 2 N–H and O–H groups in total. The van der Waals surface area contributed by atoms with Gasteiger partial charge < -0.3 is 19.5 Å². The molecule has 0 amide bonds. The van der Waals surface area contributed by atoms with Gasteiger partial charge in [0.15, 0.2) is 0 Å². The molecule has 0 aliphatic rings. The summed E-state index contributed by atoms with van der Waals surface area (Å²) < 4.78 is 10.8. The molecule has 0 heterocycles. The van der Waals surface area contributed by atoms with Crippen LogP contribution in [0, 0.1) is 6.92 Å². The Morgan fingerprint density at radius 1 is 1.05 bits per heavy atom. The molecule has 0 fully saturated rings. The summed E-state index contributed by atoms with van der Waals surface area (Å²) in [5, 5.41) is 18.7. The van der Waals surface area contributed by atoms with Gasteiger partial charge in [0, 0.05) is 11.9 Å². The van der Waals surface area contributed by atoms with Gasteiger partial charge >= 0.3 is 7.12 Å². The Balaban J connectivity index is 1.96. The van der Waals surface area contributed by atoms with Gasteiger partial charge in [-0.15, -0.1) is 0 Å². The van der Waals surface area contributed by atoms with E-state index in [1.165, 1.54) is 0 Å². The van der Waals surface area contributed by atoms with Gasteiger partial charge in [0.25, 0.3) is 0 Å². The Labute approximate surface area is 125 Å². The highest BCUT2D eigenvalue weighted by Gasteiger charge is 2.17. The van der Waals surface area contributed by atoms with Crippen molar-refractivity contribution < 1.29 is 19.5 Å². The summed E-state index contributed by atoms with van der Waals surface area (Å²) in [6.07, 6.45) is 0.735. The minimum Gasteiger partial charge on any atom is -0.497 e. The van der Waals surface area contributed by atoms with Gasteiger partial charge in [-0.2, -0.15) is 0 Å². The fourth-order valence-electron chi connectivity index (χ4n) is 2.07. The zero-order valence-electron chi connectivity index (χ0n) is 12.2. The monoisotopic (exact) mass is 286 g/mol. The van der Waals surface area contributed by atoms with Crippen molar-refractivity contribution in [2.45, 2.75) is 13.3 Å². The van der Waals surface area contributed by atoms with Crippen LogP contribution in [0.1, 0.15) is 11.1 Å². The van der Waals surface area contributed by atoms with Crippen LogP contribution in [-0.4, -0.2) is 30.9 Å². The predicted octanol–water partition coefficient (Wildman–Crippen LogP) is 1.30. The average molecular weight is 286 g/mol. The SMILES string of the molecule is COc1ccc(CCOc2ccc(C)cc2B(O)O)cc1. The lowest BCUT2D eigenvalue weighted by Crippen LogP contribution is -2.32. The third-order valence-corrected chi connectivity index (χ3v) is 3.25. The first kappa shape index (κ1) is 15.4. The molecule has 2 aromatic rings. The molecule has 0 spiro atoms. The molecule has 0 aromatic heterocycles. The maximum absolute atomic E-state index is 9.36. The lowest BCUT2D eigenvalue weighted by atomic mass is 9.79. The van der Waals surface area contributed by atoms with Crippen LogP contribution in [0.3, 0.4) is 0 Å². The molecule has 0 aliphatic heterocycles. The standard InChI is InChI=1S/C16H19BO4/c1-12-3-8-16(15(11-12)17(18)19)21-10-9-13-4-6-14(20-2)7-5-13/h3-8,11,18-19H,9-10H2,1-2H3. The largest absolute Gasteiger partial charge is 0.497 e. The van der Waals surface area contributed by atoms with E-state index in [1.807, 2.05) is 37.3 Å². The highest BCUT2D eigenvalue weighted by Crippen LogP contribution is 2.13. The molecule has 110 valence electrons. The van der Waals surface area contributed by atoms with E-state index in [2.05, 4.69) is 0 Å². The van der Waals surface area contributed by atoms with Crippen LogP contribution >= 0.6 is 0 Å². The summed E-state index contributed by atoms with van der Waals surface area (Å²) in [6.45, 7) is 2.36. The number of hydrogen-bond donors (Lipinski definition) is 2. The minimum absolute atomic E-state index is 0.393. The van der Waals surface area contributed by atoms with Crippen molar-refractivity contribution in [3.63, 3.8) is 0 Å². The molecule has 5 heteroatoms. The molecule has 0 unspecified atom stereocenters. The van der Waals surface area contributed by atoms with Gasteiger partial charge in [0.2, 0.25) is 0 Å². The van der Waals surface area contributed by atoms with Crippen LogP contribution in [0.5, 0.6) is 11.5 Å².